The monoisotopic (exact) mass is 567 g/mol. The molecule has 2 fully saturated rings. The molecule has 0 unspecified atom stereocenters. The first-order valence-corrected chi connectivity index (χ1v) is 13.3. The Hall–Kier alpha value is -3.05. The fourth-order valence-electron chi connectivity index (χ4n) is 4.33. The van der Waals surface area contributed by atoms with Crippen molar-refractivity contribution in [2.24, 2.45) is 0 Å². The van der Waals surface area contributed by atoms with Gasteiger partial charge in [0.25, 0.3) is 0 Å². The highest BCUT2D eigenvalue weighted by atomic mass is 79.9. The Morgan fingerprint density at radius 2 is 2.11 bits per heavy atom. The number of aromatic nitrogens is 2. The van der Waals surface area contributed by atoms with Crippen molar-refractivity contribution in [1.29, 1.82) is 0 Å². The second kappa shape index (κ2) is 12.5. The van der Waals surface area contributed by atoms with Crippen LogP contribution < -0.4 is 15.4 Å². The quantitative estimate of drug-likeness (QED) is 0.383. The van der Waals surface area contributed by atoms with Gasteiger partial charge in [0.15, 0.2) is 0 Å². The largest absolute Gasteiger partial charge is 0.486 e. The molecule has 3 heterocycles. The minimum absolute atomic E-state index is 0.0741. The van der Waals surface area contributed by atoms with E-state index in [-0.39, 0.29) is 12.0 Å². The van der Waals surface area contributed by atoms with Crippen molar-refractivity contribution in [2.75, 3.05) is 56.7 Å². The molecule has 0 saturated carbocycles. The number of fused-ring (bicyclic) bond motifs is 1. The van der Waals surface area contributed by atoms with Gasteiger partial charge in [-0.05, 0) is 30.7 Å². The van der Waals surface area contributed by atoms with Crippen LogP contribution in [0.1, 0.15) is 12.8 Å². The van der Waals surface area contributed by atoms with Crippen molar-refractivity contribution in [3.05, 3.63) is 59.4 Å². The summed E-state index contributed by atoms with van der Waals surface area (Å²) >= 11 is 3.50. The lowest BCUT2D eigenvalue weighted by Gasteiger charge is -2.18. The van der Waals surface area contributed by atoms with Gasteiger partial charge in [0.1, 0.15) is 24.0 Å². The summed E-state index contributed by atoms with van der Waals surface area (Å²) in [5.74, 6) is 0.964. The zero-order valence-corrected chi connectivity index (χ0v) is 22.1. The average molecular weight is 568 g/mol. The van der Waals surface area contributed by atoms with E-state index in [9.17, 15) is 4.79 Å². The lowest BCUT2D eigenvalue weighted by Crippen LogP contribution is -2.26. The van der Waals surface area contributed by atoms with Crippen LogP contribution >= 0.6 is 15.9 Å². The molecule has 3 aromatic rings. The van der Waals surface area contributed by atoms with E-state index in [1.54, 1.807) is 6.08 Å². The van der Waals surface area contributed by atoms with E-state index in [1.807, 2.05) is 42.5 Å². The number of rotatable bonds is 8. The number of hydrogen-bond donors (Lipinski definition) is 2. The molecular weight excluding hydrogens is 538 g/mol. The van der Waals surface area contributed by atoms with Crippen LogP contribution in [-0.2, 0) is 14.3 Å². The topological polar surface area (TPSA) is 97.8 Å². The molecule has 9 nitrogen and oxygen atoms in total. The number of nitrogens with one attached hydrogen (secondary N) is 2. The van der Waals surface area contributed by atoms with E-state index >= 15 is 0 Å². The fraction of sp³-hybridized carbons (Fsp3) is 0.370. The van der Waals surface area contributed by atoms with E-state index in [4.69, 9.17) is 14.2 Å². The molecule has 0 bridgehead atoms. The van der Waals surface area contributed by atoms with Gasteiger partial charge in [-0.2, -0.15) is 0 Å². The predicted octanol–water partition coefficient (Wildman–Crippen LogP) is 4.52. The summed E-state index contributed by atoms with van der Waals surface area (Å²) in [6.45, 7) is 5.22. The van der Waals surface area contributed by atoms with E-state index in [0.717, 1.165) is 54.7 Å². The van der Waals surface area contributed by atoms with Gasteiger partial charge in [-0.1, -0.05) is 28.1 Å². The maximum atomic E-state index is 12.9. The van der Waals surface area contributed by atoms with Crippen LogP contribution in [0, 0.1) is 0 Å². The number of carbonyl (C=O) groups excluding carboxylic acids is 1. The highest BCUT2D eigenvalue weighted by Crippen LogP contribution is 2.35. The number of ether oxygens (including phenoxy) is 3. The van der Waals surface area contributed by atoms with Gasteiger partial charge in [0.05, 0.1) is 31.0 Å². The van der Waals surface area contributed by atoms with Crippen molar-refractivity contribution < 1.29 is 19.0 Å². The molecule has 2 aliphatic rings. The van der Waals surface area contributed by atoms with Crippen LogP contribution in [0.25, 0.3) is 10.9 Å². The molecule has 1 amide bonds. The molecule has 1 aromatic heterocycles. The average Bonchev–Trinajstić information content (AvgIpc) is 3.26. The van der Waals surface area contributed by atoms with Crippen molar-refractivity contribution in [1.82, 2.24) is 14.9 Å². The third kappa shape index (κ3) is 7.04. The second-order valence-corrected chi connectivity index (χ2v) is 9.90. The molecule has 0 aliphatic carbocycles. The van der Waals surface area contributed by atoms with Crippen molar-refractivity contribution >= 4 is 49.9 Å². The predicted molar refractivity (Wildman–Crippen MR) is 146 cm³/mol. The molecule has 2 saturated heterocycles. The minimum atomic E-state index is -0.226. The summed E-state index contributed by atoms with van der Waals surface area (Å²) in [6, 6.07) is 11.5. The smallest absolute Gasteiger partial charge is 0.248 e. The Labute approximate surface area is 224 Å². The Morgan fingerprint density at radius 3 is 2.97 bits per heavy atom. The van der Waals surface area contributed by atoms with Gasteiger partial charge in [-0.15, -0.1) is 0 Å². The van der Waals surface area contributed by atoms with E-state index in [0.29, 0.717) is 42.5 Å². The maximum absolute atomic E-state index is 12.9. The molecule has 2 aliphatic heterocycles. The van der Waals surface area contributed by atoms with Gasteiger partial charge in [-0.25, -0.2) is 9.97 Å². The zero-order valence-electron chi connectivity index (χ0n) is 20.5. The summed E-state index contributed by atoms with van der Waals surface area (Å²) in [4.78, 5) is 24.1. The standard InChI is InChI=1S/C27H30BrN5O4/c28-19-4-1-5-20(14-19)31-27-22-15-24(32-26(34)6-2-8-33-9-3-11-35-13-10-33)25(16-23(22)29-18-30-27)37-21-7-12-36-17-21/h1-2,4-6,14-16,18,21H,3,7-13,17H2,(H,32,34)(H,29,30,31)/t21-/m0/s1. The summed E-state index contributed by atoms with van der Waals surface area (Å²) in [7, 11) is 0. The minimum Gasteiger partial charge on any atom is -0.486 e. The zero-order chi connectivity index (χ0) is 25.5. The Morgan fingerprint density at radius 1 is 1.16 bits per heavy atom. The number of anilines is 3. The summed E-state index contributed by atoms with van der Waals surface area (Å²) in [5, 5.41) is 7.12. The third-order valence-electron chi connectivity index (χ3n) is 6.21. The first-order chi connectivity index (χ1) is 18.1. The molecular formula is C27H30BrN5O4. The molecule has 194 valence electrons. The fourth-order valence-corrected chi connectivity index (χ4v) is 4.73. The molecule has 0 spiro atoms. The third-order valence-corrected chi connectivity index (χ3v) is 6.70. The van der Waals surface area contributed by atoms with E-state index in [2.05, 4.69) is 41.4 Å². The van der Waals surface area contributed by atoms with Crippen LogP contribution in [0.3, 0.4) is 0 Å². The van der Waals surface area contributed by atoms with Gasteiger partial charge in [0, 0.05) is 60.4 Å². The Balaban J connectivity index is 1.39. The van der Waals surface area contributed by atoms with Gasteiger partial charge in [-0.3, -0.25) is 9.69 Å². The molecule has 10 heteroatoms. The van der Waals surface area contributed by atoms with Crippen LogP contribution in [0.4, 0.5) is 17.2 Å². The first-order valence-electron chi connectivity index (χ1n) is 12.5. The molecule has 5 rings (SSSR count). The number of carbonyl (C=O) groups is 1. The number of nitrogens with zero attached hydrogens (tertiary/aromatic N) is 3. The number of halogens is 1. The number of hydrogen-bond acceptors (Lipinski definition) is 8. The Bertz CT molecular complexity index is 1260. The lowest BCUT2D eigenvalue weighted by atomic mass is 10.1. The number of amides is 1. The van der Waals surface area contributed by atoms with Crippen molar-refractivity contribution in [3.8, 4) is 5.75 Å². The van der Waals surface area contributed by atoms with E-state index in [1.165, 1.54) is 6.33 Å². The maximum Gasteiger partial charge on any atom is 0.248 e. The van der Waals surface area contributed by atoms with Crippen LogP contribution in [0.5, 0.6) is 5.75 Å². The molecule has 37 heavy (non-hydrogen) atoms. The van der Waals surface area contributed by atoms with Gasteiger partial charge < -0.3 is 24.8 Å². The molecule has 1 atom stereocenters. The lowest BCUT2D eigenvalue weighted by molar-refractivity contribution is -0.111. The SMILES string of the molecule is O=C(C=CCN1CCCOCC1)Nc1cc2c(Nc3cccc(Br)c3)ncnc2cc1O[C@H]1CCOC1. The highest BCUT2D eigenvalue weighted by molar-refractivity contribution is 9.10. The first kappa shape index (κ1) is 25.6. The van der Waals surface area contributed by atoms with Crippen molar-refractivity contribution in [2.45, 2.75) is 18.9 Å². The van der Waals surface area contributed by atoms with Gasteiger partial charge >= 0.3 is 0 Å². The van der Waals surface area contributed by atoms with E-state index < -0.39 is 0 Å². The van der Waals surface area contributed by atoms with Crippen molar-refractivity contribution in [3.63, 3.8) is 0 Å². The molecule has 2 aromatic carbocycles. The normalized spacial score (nSPS) is 18.7. The van der Waals surface area contributed by atoms with Crippen LogP contribution in [0.15, 0.2) is 59.4 Å². The highest BCUT2D eigenvalue weighted by Gasteiger charge is 2.21. The van der Waals surface area contributed by atoms with Gasteiger partial charge in [0.2, 0.25) is 5.91 Å². The molecule has 2 N–H and O–H groups in total. The second-order valence-electron chi connectivity index (χ2n) is 8.98. The summed E-state index contributed by atoms with van der Waals surface area (Å²) < 4.78 is 18.2. The number of benzene rings is 2. The summed E-state index contributed by atoms with van der Waals surface area (Å²) in [6.07, 6.45) is 6.69. The summed E-state index contributed by atoms with van der Waals surface area (Å²) in [5.41, 5.74) is 2.15. The Kier molecular flexibility index (Phi) is 8.62. The van der Waals surface area contributed by atoms with Crippen LogP contribution in [0.2, 0.25) is 0 Å². The van der Waals surface area contributed by atoms with Crippen LogP contribution in [-0.4, -0.2) is 72.9 Å². The molecule has 0 radical (unpaired) electrons.